The summed E-state index contributed by atoms with van der Waals surface area (Å²) < 4.78 is 5.99. The third kappa shape index (κ3) is 3.92. The number of aromatic nitrogens is 2. The molecular formula is C13H22BrN3O. The van der Waals surface area contributed by atoms with Gasteiger partial charge in [-0.25, -0.2) is 9.97 Å². The second-order valence-corrected chi connectivity index (χ2v) is 6.35. The predicted octanol–water partition coefficient (Wildman–Crippen LogP) is 3.01. The van der Waals surface area contributed by atoms with Gasteiger partial charge in [-0.3, -0.25) is 0 Å². The van der Waals surface area contributed by atoms with E-state index in [9.17, 15) is 0 Å². The molecule has 1 aromatic heterocycles. The van der Waals surface area contributed by atoms with Crippen LogP contribution in [0.1, 0.15) is 33.5 Å². The summed E-state index contributed by atoms with van der Waals surface area (Å²) in [7, 11) is 3.73. The number of ether oxygens (including phenoxy) is 1. The van der Waals surface area contributed by atoms with Gasteiger partial charge in [0.15, 0.2) is 0 Å². The lowest BCUT2D eigenvalue weighted by atomic mass is 9.96. The molecule has 0 bridgehead atoms. The Kier molecular flexibility index (Phi) is 5.10. The van der Waals surface area contributed by atoms with Gasteiger partial charge in [0.2, 0.25) is 0 Å². The molecule has 0 amide bonds. The zero-order chi connectivity index (χ0) is 13.9. The van der Waals surface area contributed by atoms with Crippen LogP contribution in [0.3, 0.4) is 0 Å². The first-order chi connectivity index (χ1) is 8.25. The molecule has 4 nitrogen and oxygen atoms in total. The van der Waals surface area contributed by atoms with Crippen molar-refractivity contribution >= 4 is 21.7 Å². The quantitative estimate of drug-likeness (QED) is 0.801. The maximum atomic E-state index is 5.18. The fraction of sp³-hybridized carbons (Fsp3) is 0.692. The van der Waals surface area contributed by atoms with Crippen molar-refractivity contribution in [3.05, 3.63) is 16.5 Å². The normalized spacial score (nSPS) is 13.5. The Labute approximate surface area is 118 Å². The second-order valence-electron chi connectivity index (χ2n) is 5.54. The number of rotatable bonds is 4. The van der Waals surface area contributed by atoms with Gasteiger partial charge >= 0.3 is 0 Å². The topological polar surface area (TPSA) is 38.2 Å². The molecule has 1 unspecified atom stereocenters. The monoisotopic (exact) mass is 315 g/mol. The smallest absolute Gasteiger partial charge is 0.137 e. The van der Waals surface area contributed by atoms with Crippen molar-refractivity contribution in [3.63, 3.8) is 0 Å². The van der Waals surface area contributed by atoms with E-state index in [4.69, 9.17) is 4.74 Å². The maximum absolute atomic E-state index is 5.18. The van der Waals surface area contributed by atoms with E-state index >= 15 is 0 Å². The first kappa shape index (κ1) is 15.4. The molecule has 1 rings (SSSR count). The molecule has 0 aliphatic rings. The molecule has 0 N–H and O–H groups in total. The summed E-state index contributed by atoms with van der Waals surface area (Å²) in [6.07, 6.45) is 0. The van der Waals surface area contributed by atoms with Gasteiger partial charge in [-0.15, -0.1) is 0 Å². The van der Waals surface area contributed by atoms with E-state index in [0.717, 1.165) is 16.2 Å². The van der Waals surface area contributed by atoms with Crippen molar-refractivity contribution in [3.8, 4) is 0 Å². The molecule has 18 heavy (non-hydrogen) atoms. The van der Waals surface area contributed by atoms with Gasteiger partial charge in [0.25, 0.3) is 0 Å². The van der Waals surface area contributed by atoms with Gasteiger partial charge in [0.1, 0.15) is 16.2 Å². The Morgan fingerprint density at radius 3 is 2.50 bits per heavy atom. The van der Waals surface area contributed by atoms with Gasteiger partial charge in [0, 0.05) is 25.6 Å². The van der Waals surface area contributed by atoms with Gasteiger partial charge in [0.05, 0.1) is 12.6 Å². The molecule has 0 saturated heterocycles. The van der Waals surface area contributed by atoms with Crippen LogP contribution in [0, 0.1) is 0 Å². The summed E-state index contributed by atoms with van der Waals surface area (Å²) in [5.41, 5.74) is -0.0656. The average Bonchev–Trinajstić information content (AvgIpc) is 2.26. The molecule has 0 saturated carbocycles. The van der Waals surface area contributed by atoms with E-state index in [1.807, 2.05) is 13.1 Å². The minimum Gasteiger partial charge on any atom is -0.383 e. The van der Waals surface area contributed by atoms with Crippen LogP contribution in [-0.2, 0) is 10.2 Å². The molecule has 0 fully saturated rings. The minimum atomic E-state index is -0.0656. The zero-order valence-corrected chi connectivity index (χ0v) is 13.6. The summed E-state index contributed by atoms with van der Waals surface area (Å²) in [6, 6.07) is 2.20. The molecule has 1 atom stereocenters. The van der Waals surface area contributed by atoms with Crippen molar-refractivity contribution in [1.82, 2.24) is 9.97 Å². The van der Waals surface area contributed by atoms with Crippen LogP contribution < -0.4 is 4.90 Å². The van der Waals surface area contributed by atoms with Crippen molar-refractivity contribution in [2.75, 3.05) is 25.7 Å². The van der Waals surface area contributed by atoms with Crippen molar-refractivity contribution in [2.45, 2.75) is 39.2 Å². The number of likely N-dealkylation sites (N-methyl/N-ethyl adjacent to an activating group) is 1. The third-order valence-corrected chi connectivity index (χ3v) is 3.19. The Balaban J connectivity index is 3.06. The highest BCUT2D eigenvalue weighted by Gasteiger charge is 2.20. The Morgan fingerprint density at radius 1 is 1.39 bits per heavy atom. The highest BCUT2D eigenvalue weighted by molar-refractivity contribution is 9.10. The summed E-state index contributed by atoms with van der Waals surface area (Å²) in [5, 5.41) is 0. The van der Waals surface area contributed by atoms with E-state index in [-0.39, 0.29) is 11.5 Å². The molecule has 1 aromatic rings. The van der Waals surface area contributed by atoms with Crippen LogP contribution >= 0.6 is 15.9 Å². The minimum absolute atomic E-state index is 0.0656. The average molecular weight is 316 g/mol. The molecule has 102 valence electrons. The zero-order valence-electron chi connectivity index (χ0n) is 12.0. The highest BCUT2D eigenvalue weighted by atomic mass is 79.9. The SMILES string of the molecule is COCC(C)N(C)c1cc(Br)nc(C(C)(C)C)n1. The number of halogens is 1. The van der Waals surface area contributed by atoms with E-state index in [0.29, 0.717) is 6.61 Å². The van der Waals surface area contributed by atoms with Crippen molar-refractivity contribution in [2.24, 2.45) is 0 Å². The van der Waals surface area contributed by atoms with Gasteiger partial charge in [-0.2, -0.15) is 0 Å². The van der Waals surface area contributed by atoms with Crippen LogP contribution in [0.4, 0.5) is 5.82 Å². The predicted molar refractivity (Wildman–Crippen MR) is 78.2 cm³/mol. The number of nitrogens with zero attached hydrogens (tertiary/aromatic N) is 3. The van der Waals surface area contributed by atoms with E-state index in [2.05, 4.69) is 58.5 Å². The first-order valence-corrected chi connectivity index (χ1v) is 6.82. The van der Waals surface area contributed by atoms with Crippen LogP contribution in [0.25, 0.3) is 0 Å². The molecule has 0 aliphatic carbocycles. The molecule has 1 heterocycles. The number of hydrogen-bond donors (Lipinski definition) is 0. The fourth-order valence-electron chi connectivity index (χ4n) is 1.50. The largest absolute Gasteiger partial charge is 0.383 e. The lowest BCUT2D eigenvalue weighted by molar-refractivity contribution is 0.183. The Hall–Kier alpha value is -0.680. The van der Waals surface area contributed by atoms with Crippen LogP contribution in [0.2, 0.25) is 0 Å². The van der Waals surface area contributed by atoms with Crippen molar-refractivity contribution in [1.29, 1.82) is 0 Å². The Morgan fingerprint density at radius 2 is 2.00 bits per heavy atom. The molecule has 0 aliphatic heterocycles. The second kappa shape index (κ2) is 5.97. The van der Waals surface area contributed by atoms with Crippen LogP contribution in [0.15, 0.2) is 10.7 Å². The molecular weight excluding hydrogens is 294 g/mol. The van der Waals surface area contributed by atoms with Gasteiger partial charge in [-0.05, 0) is 22.9 Å². The van der Waals surface area contributed by atoms with E-state index in [1.54, 1.807) is 7.11 Å². The van der Waals surface area contributed by atoms with Crippen molar-refractivity contribution < 1.29 is 4.74 Å². The molecule has 0 spiro atoms. The lowest BCUT2D eigenvalue weighted by Gasteiger charge is -2.27. The molecule has 0 radical (unpaired) electrons. The molecule has 5 heteroatoms. The first-order valence-electron chi connectivity index (χ1n) is 6.02. The van der Waals surface area contributed by atoms with Gasteiger partial charge in [-0.1, -0.05) is 20.8 Å². The summed E-state index contributed by atoms with van der Waals surface area (Å²) in [6.45, 7) is 9.10. The number of anilines is 1. The molecule has 0 aromatic carbocycles. The number of methoxy groups -OCH3 is 1. The maximum Gasteiger partial charge on any atom is 0.137 e. The van der Waals surface area contributed by atoms with E-state index < -0.39 is 0 Å². The fourth-order valence-corrected chi connectivity index (χ4v) is 1.87. The standard InChI is InChI=1S/C13H22BrN3O/c1-9(8-18-6)17(5)11-7-10(14)15-12(16-11)13(2,3)4/h7,9H,8H2,1-6H3. The summed E-state index contributed by atoms with van der Waals surface area (Å²) in [5.74, 6) is 1.75. The highest BCUT2D eigenvalue weighted by Crippen LogP contribution is 2.24. The van der Waals surface area contributed by atoms with Crippen LogP contribution in [-0.4, -0.2) is 36.8 Å². The Bertz CT molecular complexity index is 404. The number of hydrogen-bond acceptors (Lipinski definition) is 4. The third-order valence-electron chi connectivity index (χ3n) is 2.78. The summed E-state index contributed by atoms with van der Waals surface area (Å²) in [4.78, 5) is 11.2. The summed E-state index contributed by atoms with van der Waals surface area (Å²) >= 11 is 3.45. The lowest BCUT2D eigenvalue weighted by Crippen LogP contribution is -2.34. The van der Waals surface area contributed by atoms with Crippen LogP contribution in [0.5, 0.6) is 0 Å². The van der Waals surface area contributed by atoms with E-state index in [1.165, 1.54) is 0 Å². The van der Waals surface area contributed by atoms with Gasteiger partial charge < -0.3 is 9.64 Å².